The Bertz CT molecular complexity index is 1420. The van der Waals surface area contributed by atoms with Gasteiger partial charge in [0.2, 0.25) is 12.2 Å². The number of ether oxygens (including phenoxy) is 3. The number of carbonyl (C=O) groups excluding carboxylic acids is 1. The third-order valence-corrected chi connectivity index (χ3v) is 6.47. The number of rotatable bonds is 10. The van der Waals surface area contributed by atoms with Crippen molar-refractivity contribution in [2.24, 2.45) is 5.41 Å². The molecule has 0 atom stereocenters. The Morgan fingerprint density at radius 2 is 1.85 bits per heavy atom. The summed E-state index contributed by atoms with van der Waals surface area (Å²) in [6.07, 6.45) is 2.01. The van der Waals surface area contributed by atoms with Gasteiger partial charge in [0.15, 0.2) is 5.82 Å². The number of benzene rings is 2. The Morgan fingerprint density at radius 1 is 1.10 bits per heavy atom. The average molecular weight is 546 g/mol. The van der Waals surface area contributed by atoms with Gasteiger partial charge >= 0.3 is 6.01 Å². The largest absolute Gasteiger partial charge is 0.463 e. The molecule has 3 heterocycles. The number of halogens is 1. The van der Waals surface area contributed by atoms with Gasteiger partial charge in [0.1, 0.15) is 5.82 Å². The first-order valence-electron chi connectivity index (χ1n) is 13.3. The Morgan fingerprint density at radius 3 is 2.58 bits per heavy atom. The zero-order valence-electron chi connectivity index (χ0n) is 22.5. The van der Waals surface area contributed by atoms with Crippen LogP contribution in [0.25, 0.3) is 22.6 Å². The van der Waals surface area contributed by atoms with Gasteiger partial charge in [-0.15, -0.1) is 0 Å². The van der Waals surface area contributed by atoms with Crippen molar-refractivity contribution >= 4 is 5.91 Å². The lowest BCUT2D eigenvalue weighted by molar-refractivity contribution is -0.232. The van der Waals surface area contributed by atoms with E-state index in [9.17, 15) is 9.18 Å². The third-order valence-electron chi connectivity index (χ3n) is 6.47. The molecule has 1 aliphatic heterocycles. The van der Waals surface area contributed by atoms with Gasteiger partial charge in [-0.05, 0) is 42.3 Å². The van der Waals surface area contributed by atoms with Crippen molar-refractivity contribution in [3.05, 3.63) is 84.1 Å². The number of imidazole rings is 1. The molecular weight excluding hydrogens is 513 g/mol. The highest BCUT2D eigenvalue weighted by molar-refractivity contribution is 5.78. The summed E-state index contributed by atoms with van der Waals surface area (Å²) in [6.45, 7) is 5.63. The van der Waals surface area contributed by atoms with Crippen molar-refractivity contribution in [3.63, 3.8) is 0 Å². The van der Waals surface area contributed by atoms with E-state index in [0.717, 1.165) is 12.0 Å². The number of nitrogens with one attached hydrogen (secondary N) is 2. The Hall–Kier alpha value is -4.15. The minimum atomic E-state index is -0.751. The molecule has 208 valence electrons. The molecule has 1 fully saturated rings. The minimum Gasteiger partial charge on any atom is -0.463 e. The van der Waals surface area contributed by atoms with E-state index in [1.165, 1.54) is 12.1 Å². The quantitative estimate of drug-likeness (QED) is 0.292. The first-order valence-corrected chi connectivity index (χ1v) is 13.3. The number of hydrogen-bond acceptors (Lipinski definition) is 7. The van der Waals surface area contributed by atoms with E-state index in [-0.39, 0.29) is 17.7 Å². The number of aromatic amines is 1. The molecule has 2 aromatic carbocycles. The molecule has 0 saturated carbocycles. The molecular formula is C30H32FN5O4. The van der Waals surface area contributed by atoms with Crippen molar-refractivity contribution in [2.75, 3.05) is 26.4 Å². The second kappa shape index (κ2) is 12.4. The molecule has 1 aliphatic rings. The maximum atomic E-state index is 13.7. The Labute approximate surface area is 232 Å². The first kappa shape index (κ1) is 27.4. The highest BCUT2D eigenvalue weighted by Crippen LogP contribution is 2.35. The minimum absolute atomic E-state index is 0.0544. The summed E-state index contributed by atoms with van der Waals surface area (Å²) in [5, 5.41) is 3.00. The van der Waals surface area contributed by atoms with Crippen LogP contribution in [0.2, 0.25) is 0 Å². The van der Waals surface area contributed by atoms with Crippen molar-refractivity contribution < 1.29 is 23.4 Å². The van der Waals surface area contributed by atoms with Crippen LogP contribution in [0, 0.1) is 11.2 Å². The fourth-order valence-electron chi connectivity index (χ4n) is 4.31. The summed E-state index contributed by atoms with van der Waals surface area (Å²) in [5.41, 5.74) is 3.01. The Balaban J connectivity index is 1.30. The number of H-pyrrole nitrogens is 1. The van der Waals surface area contributed by atoms with Crippen LogP contribution in [-0.2, 0) is 20.7 Å². The van der Waals surface area contributed by atoms with Gasteiger partial charge in [-0.2, -0.15) is 4.98 Å². The monoisotopic (exact) mass is 545 g/mol. The topological polar surface area (TPSA) is 111 Å². The average Bonchev–Trinajstić information content (AvgIpc) is 3.42. The fraction of sp³-hybridized carbons (Fsp3) is 0.333. The molecule has 9 nitrogen and oxygen atoms in total. The summed E-state index contributed by atoms with van der Waals surface area (Å²) in [6, 6.07) is 17.7. The van der Waals surface area contributed by atoms with Gasteiger partial charge in [0, 0.05) is 23.7 Å². The van der Waals surface area contributed by atoms with Crippen molar-refractivity contribution in [2.45, 2.75) is 33.0 Å². The van der Waals surface area contributed by atoms with E-state index in [1.54, 1.807) is 24.4 Å². The summed E-state index contributed by atoms with van der Waals surface area (Å²) >= 11 is 0. The highest BCUT2D eigenvalue weighted by atomic mass is 19.1. The van der Waals surface area contributed by atoms with E-state index in [1.807, 2.05) is 44.2 Å². The highest BCUT2D eigenvalue weighted by Gasteiger charge is 2.35. The normalized spacial score (nSPS) is 18.8. The van der Waals surface area contributed by atoms with Crippen molar-refractivity contribution in [3.8, 4) is 28.7 Å². The molecule has 10 heteroatoms. The first-order chi connectivity index (χ1) is 19.4. The van der Waals surface area contributed by atoms with Crippen LogP contribution < -0.4 is 10.1 Å². The van der Waals surface area contributed by atoms with E-state index in [0.29, 0.717) is 61.3 Å². The smallest absolute Gasteiger partial charge is 0.316 e. The molecule has 0 radical (unpaired) electrons. The molecule has 2 aromatic heterocycles. The molecule has 0 aliphatic carbocycles. The van der Waals surface area contributed by atoms with Crippen LogP contribution in [0.3, 0.4) is 0 Å². The maximum absolute atomic E-state index is 13.7. The molecule has 2 N–H and O–H groups in total. The SMILES string of the molecule is CCCOc1nccc(-c2[nH]c(C3OCC(C)(CNC(=O)Cc4ccccc4)CO3)nc2-c2ccc(F)cc2)n1. The number of hydrogen-bond donors (Lipinski definition) is 2. The van der Waals surface area contributed by atoms with Crippen LogP contribution >= 0.6 is 0 Å². The zero-order chi connectivity index (χ0) is 28.0. The molecule has 5 rings (SSSR count). The molecule has 1 amide bonds. The fourth-order valence-corrected chi connectivity index (χ4v) is 4.31. The molecule has 4 aromatic rings. The Kier molecular flexibility index (Phi) is 8.47. The van der Waals surface area contributed by atoms with Gasteiger partial charge < -0.3 is 24.5 Å². The number of amides is 1. The number of nitrogens with zero attached hydrogens (tertiary/aromatic N) is 3. The van der Waals surface area contributed by atoms with Gasteiger partial charge in [0.05, 0.1) is 43.3 Å². The lowest BCUT2D eigenvalue weighted by Crippen LogP contribution is -2.45. The van der Waals surface area contributed by atoms with Gasteiger partial charge in [-0.1, -0.05) is 44.2 Å². The molecule has 0 spiro atoms. The van der Waals surface area contributed by atoms with Crippen LogP contribution in [-0.4, -0.2) is 52.2 Å². The third kappa shape index (κ3) is 6.70. The molecule has 0 unspecified atom stereocenters. The predicted octanol–water partition coefficient (Wildman–Crippen LogP) is 4.87. The van der Waals surface area contributed by atoms with Gasteiger partial charge in [-0.25, -0.2) is 14.4 Å². The maximum Gasteiger partial charge on any atom is 0.316 e. The van der Waals surface area contributed by atoms with Crippen LogP contribution in [0.1, 0.15) is 37.9 Å². The van der Waals surface area contributed by atoms with Crippen LogP contribution in [0.5, 0.6) is 6.01 Å². The van der Waals surface area contributed by atoms with Crippen LogP contribution in [0.15, 0.2) is 66.9 Å². The van der Waals surface area contributed by atoms with E-state index in [2.05, 4.69) is 20.3 Å². The summed E-state index contributed by atoms with van der Waals surface area (Å²) < 4.78 is 31.4. The second-order valence-electron chi connectivity index (χ2n) is 10.1. The van der Waals surface area contributed by atoms with Crippen LogP contribution in [0.4, 0.5) is 4.39 Å². The molecule has 40 heavy (non-hydrogen) atoms. The predicted molar refractivity (Wildman–Crippen MR) is 147 cm³/mol. The van der Waals surface area contributed by atoms with Gasteiger partial charge in [-0.3, -0.25) is 4.79 Å². The summed E-state index contributed by atoms with van der Waals surface area (Å²) in [4.78, 5) is 29.2. The van der Waals surface area contributed by atoms with E-state index < -0.39 is 11.7 Å². The summed E-state index contributed by atoms with van der Waals surface area (Å²) in [7, 11) is 0. The lowest BCUT2D eigenvalue weighted by atomic mass is 9.92. The van der Waals surface area contributed by atoms with Gasteiger partial charge in [0.25, 0.3) is 0 Å². The van der Waals surface area contributed by atoms with E-state index in [4.69, 9.17) is 19.2 Å². The standard InChI is InChI=1S/C30H32FN5O4/c1-3-15-38-29-32-14-13-23(34-29)26-25(21-9-11-22(31)12-10-21)35-27(36-26)28-39-18-30(2,19-40-28)17-33-24(37)16-20-7-5-4-6-8-20/h4-14,28H,3,15-19H2,1-2H3,(H,33,37)(H,35,36). The zero-order valence-corrected chi connectivity index (χ0v) is 22.5. The summed E-state index contributed by atoms with van der Waals surface area (Å²) in [5.74, 6) is 0.0628. The van der Waals surface area contributed by atoms with E-state index >= 15 is 0 Å². The lowest BCUT2D eigenvalue weighted by Gasteiger charge is -2.36. The second-order valence-corrected chi connectivity index (χ2v) is 10.1. The van der Waals surface area contributed by atoms with Crippen molar-refractivity contribution in [1.29, 1.82) is 0 Å². The molecule has 0 bridgehead atoms. The number of carbonyl (C=O) groups is 1. The van der Waals surface area contributed by atoms with Crippen molar-refractivity contribution in [1.82, 2.24) is 25.3 Å². The molecule has 1 saturated heterocycles. The number of aromatic nitrogens is 4.